The van der Waals surface area contributed by atoms with Crippen LogP contribution in [0.3, 0.4) is 0 Å². The summed E-state index contributed by atoms with van der Waals surface area (Å²) in [6, 6.07) is 5.79. The van der Waals surface area contributed by atoms with Gasteiger partial charge in [0.05, 0.1) is 19.1 Å². The number of ether oxygens (including phenoxy) is 1. The van der Waals surface area contributed by atoms with Gasteiger partial charge in [0.25, 0.3) is 0 Å². The van der Waals surface area contributed by atoms with Crippen LogP contribution in [-0.2, 0) is 4.79 Å². The van der Waals surface area contributed by atoms with Crippen molar-refractivity contribution in [2.24, 2.45) is 0 Å². The fourth-order valence-electron chi connectivity index (χ4n) is 2.03. The lowest BCUT2D eigenvalue weighted by atomic mass is 10.1. The van der Waals surface area contributed by atoms with Gasteiger partial charge in [0, 0.05) is 12.4 Å². The van der Waals surface area contributed by atoms with Crippen molar-refractivity contribution in [2.75, 3.05) is 6.61 Å². The van der Waals surface area contributed by atoms with E-state index in [0.29, 0.717) is 13.0 Å². The zero-order chi connectivity index (χ0) is 15.2. The van der Waals surface area contributed by atoms with E-state index in [2.05, 4.69) is 15.3 Å². The summed E-state index contributed by atoms with van der Waals surface area (Å²) in [5, 5.41) is 2.88. The molecule has 0 aliphatic carbocycles. The molecule has 0 bridgehead atoms. The summed E-state index contributed by atoms with van der Waals surface area (Å²) in [5.41, 5.74) is 2.30. The summed E-state index contributed by atoms with van der Waals surface area (Å²) in [6.45, 7) is 6.31. The van der Waals surface area contributed by atoms with E-state index in [4.69, 9.17) is 4.74 Å². The first kappa shape index (κ1) is 15.1. The van der Waals surface area contributed by atoms with Gasteiger partial charge in [-0.05, 0) is 38.0 Å². The molecule has 0 saturated heterocycles. The smallest absolute Gasteiger partial charge is 0.224 e. The lowest BCUT2D eigenvalue weighted by Crippen LogP contribution is -2.28. The second kappa shape index (κ2) is 6.92. The Hall–Kier alpha value is -2.30. The topological polar surface area (TPSA) is 67.0 Å². The molecule has 2 N–H and O–H groups in total. The van der Waals surface area contributed by atoms with Gasteiger partial charge in [0.15, 0.2) is 0 Å². The number of amides is 1. The van der Waals surface area contributed by atoms with Gasteiger partial charge in [-0.1, -0.05) is 12.1 Å². The SMILES string of the molecule is Cc1cccc(OCCC(=O)NC(C)c2ncc[nH]2)c1C. The third-order valence-corrected chi connectivity index (χ3v) is 3.45. The molecule has 5 heteroatoms. The summed E-state index contributed by atoms with van der Waals surface area (Å²) in [6.07, 6.45) is 3.72. The summed E-state index contributed by atoms with van der Waals surface area (Å²) >= 11 is 0. The van der Waals surface area contributed by atoms with Crippen LogP contribution in [0, 0.1) is 13.8 Å². The maximum atomic E-state index is 11.9. The number of benzene rings is 1. The maximum absolute atomic E-state index is 11.9. The number of carbonyl (C=O) groups is 1. The fraction of sp³-hybridized carbons (Fsp3) is 0.375. The first-order chi connectivity index (χ1) is 10.1. The molecular formula is C16H21N3O2. The van der Waals surface area contributed by atoms with Crippen LogP contribution < -0.4 is 10.1 Å². The highest BCUT2D eigenvalue weighted by atomic mass is 16.5. The molecule has 1 heterocycles. The van der Waals surface area contributed by atoms with E-state index in [9.17, 15) is 4.79 Å². The number of rotatable bonds is 6. The van der Waals surface area contributed by atoms with Crippen molar-refractivity contribution in [3.05, 3.63) is 47.5 Å². The van der Waals surface area contributed by atoms with Crippen molar-refractivity contribution in [1.29, 1.82) is 0 Å². The van der Waals surface area contributed by atoms with Gasteiger partial charge in [0.1, 0.15) is 11.6 Å². The molecule has 0 aliphatic rings. The Morgan fingerprint density at radius 3 is 2.95 bits per heavy atom. The second-order valence-corrected chi connectivity index (χ2v) is 5.06. The predicted octanol–water partition coefficient (Wildman–Crippen LogP) is 2.67. The zero-order valence-electron chi connectivity index (χ0n) is 12.6. The molecule has 2 aromatic rings. The number of aryl methyl sites for hydroxylation is 1. The predicted molar refractivity (Wildman–Crippen MR) is 81.2 cm³/mol. The zero-order valence-corrected chi connectivity index (χ0v) is 12.6. The Bertz CT molecular complexity index is 594. The molecule has 0 radical (unpaired) electrons. The van der Waals surface area contributed by atoms with Gasteiger partial charge >= 0.3 is 0 Å². The first-order valence-corrected chi connectivity index (χ1v) is 7.05. The minimum absolute atomic E-state index is 0.0517. The maximum Gasteiger partial charge on any atom is 0.224 e. The van der Waals surface area contributed by atoms with Crippen molar-refractivity contribution in [3.8, 4) is 5.75 Å². The standard InChI is InChI=1S/C16H21N3O2/c1-11-5-4-6-14(12(11)2)21-10-7-15(20)19-13(3)16-17-8-9-18-16/h4-6,8-9,13H,7,10H2,1-3H3,(H,17,18)(H,19,20). The van der Waals surface area contributed by atoms with Gasteiger partial charge in [-0.15, -0.1) is 0 Å². The first-order valence-electron chi connectivity index (χ1n) is 7.05. The molecule has 0 saturated carbocycles. The van der Waals surface area contributed by atoms with Gasteiger partial charge in [-0.25, -0.2) is 4.98 Å². The molecule has 1 aromatic heterocycles. The van der Waals surface area contributed by atoms with Crippen molar-refractivity contribution >= 4 is 5.91 Å². The van der Waals surface area contributed by atoms with Crippen molar-refractivity contribution in [3.63, 3.8) is 0 Å². The highest BCUT2D eigenvalue weighted by molar-refractivity contribution is 5.76. The number of nitrogens with one attached hydrogen (secondary N) is 2. The summed E-state index contributed by atoms with van der Waals surface area (Å²) in [5.74, 6) is 1.53. The lowest BCUT2D eigenvalue weighted by molar-refractivity contribution is -0.122. The minimum atomic E-state index is -0.131. The summed E-state index contributed by atoms with van der Waals surface area (Å²) < 4.78 is 5.68. The van der Waals surface area contributed by atoms with E-state index < -0.39 is 0 Å². The quantitative estimate of drug-likeness (QED) is 0.858. The van der Waals surface area contributed by atoms with Crippen LogP contribution in [0.5, 0.6) is 5.75 Å². The molecule has 1 amide bonds. The lowest BCUT2D eigenvalue weighted by Gasteiger charge is -2.13. The van der Waals surface area contributed by atoms with Crippen LogP contribution in [0.15, 0.2) is 30.6 Å². The highest BCUT2D eigenvalue weighted by Gasteiger charge is 2.11. The van der Waals surface area contributed by atoms with Gasteiger partial charge in [-0.3, -0.25) is 4.79 Å². The number of hydrogen-bond donors (Lipinski definition) is 2. The second-order valence-electron chi connectivity index (χ2n) is 5.06. The largest absolute Gasteiger partial charge is 0.493 e. The van der Waals surface area contributed by atoms with E-state index >= 15 is 0 Å². The van der Waals surface area contributed by atoms with Crippen LogP contribution in [0.1, 0.15) is 36.3 Å². The molecule has 0 fully saturated rings. The summed E-state index contributed by atoms with van der Waals surface area (Å²) in [7, 11) is 0. The number of aromatic amines is 1. The third kappa shape index (κ3) is 4.08. The molecule has 0 spiro atoms. The van der Waals surface area contributed by atoms with Gasteiger partial charge in [0.2, 0.25) is 5.91 Å². The van der Waals surface area contributed by atoms with Gasteiger partial charge < -0.3 is 15.0 Å². The van der Waals surface area contributed by atoms with Crippen LogP contribution >= 0.6 is 0 Å². The normalized spacial score (nSPS) is 12.0. The van der Waals surface area contributed by atoms with Crippen molar-refractivity contribution in [2.45, 2.75) is 33.2 Å². The number of hydrogen-bond acceptors (Lipinski definition) is 3. The Morgan fingerprint density at radius 2 is 2.24 bits per heavy atom. The fourth-order valence-corrected chi connectivity index (χ4v) is 2.03. The van der Waals surface area contributed by atoms with Gasteiger partial charge in [-0.2, -0.15) is 0 Å². The van der Waals surface area contributed by atoms with E-state index in [1.807, 2.05) is 39.0 Å². The van der Waals surface area contributed by atoms with Crippen LogP contribution in [0.25, 0.3) is 0 Å². The molecule has 112 valence electrons. The van der Waals surface area contributed by atoms with E-state index in [-0.39, 0.29) is 11.9 Å². The number of nitrogens with zero attached hydrogens (tertiary/aromatic N) is 1. The molecule has 1 unspecified atom stereocenters. The molecule has 21 heavy (non-hydrogen) atoms. The van der Waals surface area contributed by atoms with E-state index in [0.717, 1.165) is 17.1 Å². The molecule has 1 aromatic carbocycles. The van der Waals surface area contributed by atoms with Crippen LogP contribution in [0.4, 0.5) is 0 Å². The average Bonchev–Trinajstić information content (AvgIpc) is 2.97. The molecule has 2 rings (SSSR count). The molecular weight excluding hydrogens is 266 g/mol. The Balaban J connectivity index is 1.78. The number of imidazole rings is 1. The monoisotopic (exact) mass is 287 g/mol. The van der Waals surface area contributed by atoms with Crippen molar-refractivity contribution < 1.29 is 9.53 Å². The number of carbonyl (C=O) groups excluding carboxylic acids is 1. The molecule has 0 aliphatic heterocycles. The van der Waals surface area contributed by atoms with E-state index in [1.165, 1.54) is 5.56 Å². The van der Waals surface area contributed by atoms with Crippen LogP contribution in [-0.4, -0.2) is 22.5 Å². The van der Waals surface area contributed by atoms with Crippen LogP contribution in [0.2, 0.25) is 0 Å². The number of H-pyrrole nitrogens is 1. The molecule has 1 atom stereocenters. The molecule has 5 nitrogen and oxygen atoms in total. The Morgan fingerprint density at radius 1 is 1.43 bits per heavy atom. The number of aromatic nitrogens is 2. The average molecular weight is 287 g/mol. The van der Waals surface area contributed by atoms with E-state index in [1.54, 1.807) is 12.4 Å². The van der Waals surface area contributed by atoms with Crippen molar-refractivity contribution in [1.82, 2.24) is 15.3 Å². The summed E-state index contributed by atoms with van der Waals surface area (Å²) in [4.78, 5) is 19.0. The Labute approximate surface area is 124 Å². The highest BCUT2D eigenvalue weighted by Crippen LogP contribution is 2.20. The third-order valence-electron chi connectivity index (χ3n) is 3.45. The Kier molecular flexibility index (Phi) is 4.98. The minimum Gasteiger partial charge on any atom is -0.493 e.